The van der Waals surface area contributed by atoms with Gasteiger partial charge < -0.3 is 10.1 Å². The summed E-state index contributed by atoms with van der Waals surface area (Å²) < 4.78 is 54.0. The first-order valence-electron chi connectivity index (χ1n) is 5.65. The summed E-state index contributed by atoms with van der Waals surface area (Å²) >= 11 is 0. The molecule has 6 nitrogen and oxygen atoms in total. The van der Waals surface area contributed by atoms with Gasteiger partial charge in [-0.25, -0.2) is 22.3 Å². The molecule has 0 atom stereocenters. The number of nitrogens with two attached hydrogens (primary N) is 1. The Morgan fingerprint density at radius 3 is 2.35 bits per heavy atom. The van der Waals surface area contributed by atoms with Crippen molar-refractivity contribution in [2.24, 2.45) is 5.14 Å². The molecule has 0 bridgehead atoms. The Balaban J connectivity index is 2.90. The third-order valence-corrected chi connectivity index (χ3v) is 3.08. The smallest absolute Gasteiger partial charge is 0.250 e. The highest BCUT2D eigenvalue weighted by Gasteiger charge is 2.18. The molecule has 0 aliphatic rings. The largest absolute Gasteiger partial charge is 0.372 e. The number of rotatable bonds is 6. The van der Waals surface area contributed by atoms with E-state index in [2.05, 4.69) is 0 Å². The fraction of sp³-hybridized carbons (Fsp3) is 0.364. The van der Waals surface area contributed by atoms with Gasteiger partial charge >= 0.3 is 0 Å². The maximum Gasteiger partial charge on any atom is 0.250 e. The first-order valence-corrected chi connectivity index (χ1v) is 7.19. The van der Waals surface area contributed by atoms with Crippen LogP contribution in [-0.2, 0) is 19.6 Å². The molecule has 0 unspecified atom stereocenters. The standard InChI is InChI=1S/C11H14F2N2O4S/c1-2-3-19-6-10(16)15-11-8(12)4-7(5-9(11)13)20(14,17)18/h4-5H,2-3,6H2,1H3,(H,15,16)(H2,14,17,18). The number of amides is 1. The van der Waals surface area contributed by atoms with E-state index in [0.29, 0.717) is 25.2 Å². The molecule has 1 aromatic carbocycles. The molecular formula is C11H14F2N2O4S. The van der Waals surface area contributed by atoms with Crippen molar-refractivity contribution in [1.29, 1.82) is 0 Å². The number of carbonyl (C=O) groups is 1. The average molecular weight is 308 g/mol. The third-order valence-electron chi connectivity index (χ3n) is 2.19. The molecule has 0 aliphatic heterocycles. The lowest BCUT2D eigenvalue weighted by molar-refractivity contribution is -0.120. The molecule has 0 aliphatic carbocycles. The van der Waals surface area contributed by atoms with Crippen molar-refractivity contribution in [2.75, 3.05) is 18.5 Å². The molecule has 3 N–H and O–H groups in total. The van der Waals surface area contributed by atoms with Crippen molar-refractivity contribution in [1.82, 2.24) is 0 Å². The van der Waals surface area contributed by atoms with Gasteiger partial charge in [0.2, 0.25) is 10.0 Å². The van der Waals surface area contributed by atoms with E-state index in [4.69, 9.17) is 9.88 Å². The Kier molecular flexibility index (Phi) is 5.54. The van der Waals surface area contributed by atoms with E-state index in [0.717, 1.165) is 0 Å². The fourth-order valence-corrected chi connectivity index (χ4v) is 1.85. The molecule has 1 aromatic rings. The van der Waals surface area contributed by atoms with Crippen LogP contribution >= 0.6 is 0 Å². The van der Waals surface area contributed by atoms with Crippen LogP contribution in [0, 0.1) is 11.6 Å². The lowest BCUT2D eigenvalue weighted by Gasteiger charge is -2.09. The van der Waals surface area contributed by atoms with E-state index in [1.54, 1.807) is 0 Å². The van der Waals surface area contributed by atoms with E-state index in [9.17, 15) is 22.0 Å². The molecule has 0 heterocycles. The highest BCUT2D eigenvalue weighted by Crippen LogP contribution is 2.22. The predicted octanol–water partition coefficient (Wildman–Crippen LogP) is 0.977. The summed E-state index contributed by atoms with van der Waals surface area (Å²) in [5.41, 5.74) is -0.748. The number of sulfonamides is 1. The summed E-state index contributed by atoms with van der Waals surface area (Å²) in [5.74, 6) is -3.23. The van der Waals surface area contributed by atoms with Crippen LogP contribution < -0.4 is 10.5 Å². The van der Waals surface area contributed by atoms with Gasteiger partial charge in [0, 0.05) is 6.61 Å². The highest BCUT2D eigenvalue weighted by atomic mass is 32.2. The second-order valence-corrected chi connectivity index (χ2v) is 5.47. The number of ether oxygens (including phenoxy) is 1. The van der Waals surface area contributed by atoms with Crippen LogP contribution in [0.3, 0.4) is 0 Å². The van der Waals surface area contributed by atoms with Crippen LogP contribution in [0.1, 0.15) is 13.3 Å². The molecule has 20 heavy (non-hydrogen) atoms. The first-order chi connectivity index (χ1) is 9.25. The van der Waals surface area contributed by atoms with Crippen molar-refractivity contribution >= 4 is 21.6 Å². The van der Waals surface area contributed by atoms with Gasteiger partial charge in [0.1, 0.15) is 12.3 Å². The van der Waals surface area contributed by atoms with Crippen LogP contribution in [0.4, 0.5) is 14.5 Å². The molecular weight excluding hydrogens is 294 g/mol. The summed E-state index contributed by atoms with van der Waals surface area (Å²) in [6.45, 7) is 1.82. The van der Waals surface area contributed by atoms with Crippen molar-refractivity contribution < 1.29 is 26.7 Å². The van der Waals surface area contributed by atoms with Gasteiger partial charge in [-0.05, 0) is 18.6 Å². The highest BCUT2D eigenvalue weighted by molar-refractivity contribution is 7.89. The lowest BCUT2D eigenvalue weighted by atomic mass is 10.3. The normalized spacial score (nSPS) is 11.4. The first kappa shape index (κ1) is 16.5. The van der Waals surface area contributed by atoms with Gasteiger partial charge in [-0.15, -0.1) is 0 Å². The monoisotopic (exact) mass is 308 g/mol. The zero-order valence-electron chi connectivity index (χ0n) is 10.7. The number of anilines is 1. The van der Waals surface area contributed by atoms with Crippen molar-refractivity contribution in [2.45, 2.75) is 18.2 Å². The molecule has 0 aromatic heterocycles. The number of primary sulfonamides is 1. The van der Waals surface area contributed by atoms with E-state index in [1.807, 2.05) is 12.2 Å². The minimum Gasteiger partial charge on any atom is -0.372 e. The van der Waals surface area contributed by atoms with Crippen molar-refractivity contribution in [3.63, 3.8) is 0 Å². The van der Waals surface area contributed by atoms with Crippen LogP contribution in [0.25, 0.3) is 0 Å². The van der Waals surface area contributed by atoms with Gasteiger partial charge in [0.15, 0.2) is 11.6 Å². The molecule has 1 amide bonds. The number of nitrogens with one attached hydrogen (secondary N) is 1. The molecule has 9 heteroatoms. The third kappa shape index (κ3) is 4.51. The van der Waals surface area contributed by atoms with E-state index >= 15 is 0 Å². The van der Waals surface area contributed by atoms with Gasteiger partial charge in [0.05, 0.1) is 4.90 Å². The number of carbonyl (C=O) groups excluding carboxylic acids is 1. The summed E-state index contributed by atoms with van der Waals surface area (Å²) in [6, 6.07) is 1.06. The lowest BCUT2D eigenvalue weighted by Crippen LogP contribution is -2.21. The molecule has 0 spiro atoms. The van der Waals surface area contributed by atoms with Crippen molar-refractivity contribution in [3.8, 4) is 0 Å². The summed E-state index contributed by atoms with van der Waals surface area (Å²) in [4.78, 5) is 10.6. The maximum absolute atomic E-state index is 13.6. The fourth-order valence-electron chi connectivity index (χ4n) is 1.32. The summed E-state index contributed by atoms with van der Waals surface area (Å²) in [7, 11) is -4.23. The molecule has 0 saturated heterocycles. The van der Waals surface area contributed by atoms with Gasteiger partial charge in [0.25, 0.3) is 5.91 Å². The molecule has 0 radical (unpaired) electrons. The van der Waals surface area contributed by atoms with E-state index in [1.165, 1.54) is 0 Å². The van der Waals surface area contributed by atoms with Crippen LogP contribution in [0.2, 0.25) is 0 Å². The van der Waals surface area contributed by atoms with E-state index < -0.39 is 38.1 Å². The number of halogens is 2. The van der Waals surface area contributed by atoms with Crippen LogP contribution in [0.15, 0.2) is 17.0 Å². The van der Waals surface area contributed by atoms with Crippen molar-refractivity contribution in [3.05, 3.63) is 23.8 Å². The average Bonchev–Trinajstić information content (AvgIpc) is 2.32. The number of benzene rings is 1. The summed E-state index contributed by atoms with van der Waals surface area (Å²) in [6.07, 6.45) is 0.694. The molecule has 1 rings (SSSR count). The maximum atomic E-state index is 13.6. The summed E-state index contributed by atoms with van der Waals surface area (Å²) in [5, 5.41) is 6.72. The predicted molar refractivity (Wildman–Crippen MR) is 67.5 cm³/mol. The molecule has 0 saturated carbocycles. The Bertz CT molecular complexity index is 581. The molecule has 0 fully saturated rings. The van der Waals surface area contributed by atoms with Gasteiger partial charge in [-0.2, -0.15) is 0 Å². The Labute approximate surface area is 115 Å². The molecule has 112 valence electrons. The van der Waals surface area contributed by atoms with Gasteiger partial charge in [-0.3, -0.25) is 4.79 Å². The zero-order chi connectivity index (χ0) is 15.3. The SMILES string of the molecule is CCCOCC(=O)Nc1c(F)cc(S(N)(=O)=O)cc1F. The quantitative estimate of drug-likeness (QED) is 0.765. The van der Waals surface area contributed by atoms with Crippen LogP contribution in [-0.4, -0.2) is 27.5 Å². The van der Waals surface area contributed by atoms with E-state index in [-0.39, 0.29) is 6.61 Å². The minimum atomic E-state index is -4.23. The zero-order valence-corrected chi connectivity index (χ0v) is 11.5. The Morgan fingerprint density at radius 1 is 1.35 bits per heavy atom. The number of hydrogen-bond donors (Lipinski definition) is 2. The Hall–Kier alpha value is -1.58. The minimum absolute atomic E-state index is 0.336. The number of hydrogen-bond acceptors (Lipinski definition) is 4. The van der Waals surface area contributed by atoms with Gasteiger partial charge in [-0.1, -0.05) is 6.92 Å². The van der Waals surface area contributed by atoms with Crippen LogP contribution in [0.5, 0.6) is 0 Å². The second kappa shape index (κ2) is 6.73. The topological polar surface area (TPSA) is 98.5 Å². The Morgan fingerprint density at radius 2 is 1.90 bits per heavy atom. The second-order valence-electron chi connectivity index (χ2n) is 3.91.